The second-order valence-corrected chi connectivity index (χ2v) is 6.11. The predicted molar refractivity (Wildman–Crippen MR) is 108 cm³/mol. The molecule has 0 saturated heterocycles. The summed E-state index contributed by atoms with van der Waals surface area (Å²) in [5.74, 6) is 0. The maximum atomic E-state index is 10.0. The fourth-order valence-corrected chi connectivity index (χ4v) is 3.67. The Hall–Kier alpha value is -3.08. The van der Waals surface area contributed by atoms with Gasteiger partial charge < -0.3 is 14.6 Å². The van der Waals surface area contributed by atoms with Gasteiger partial charge in [-0.3, -0.25) is 0 Å². The number of benzene rings is 4. The van der Waals surface area contributed by atoms with Crippen LogP contribution in [0.2, 0.25) is 0 Å². The number of hydrogen-bond acceptors (Lipinski definition) is 2. The molecule has 1 aromatic heterocycles. The molecule has 5 aromatic rings. The van der Waals surface area contributed by atoms with Crippen LogP contribution in [-0.4, -0.2) is 21.7 Å². The normalized spacial score (nSPS) is 14.2. The lowest BCUT2D eigenvalue weighted by Gasteiger charge is -2.11. The van der Waals surface area contributed by atoms with Crippen LogP contribution in [0, 0.1) is 0 Å². The van der Waals surface area contributed by atoms with Crippen LogP contribution in [0.15, 0.2) is 84.8 Å². The molecule has 0 unspecified atom stereocenters. The predicted octanol–water partition coefficient (Wildman–Crippen LogP) is 3.62. The van der Waals surface area contributed by atoms with Crippen LogP contribution in [0.4, 0.5) is 0 Å². The molecule has 3 nitrogen and oxygen atoms in total. The summed E-state index contributed by atoms with van der Waals surface area (Å²) in [4.78, 5) is 0. The molecule has 0 aliphatic heterocycles. The summed E-state index contributed by atoms with van der Waals surface area (Å²) < 4.78 is 42.7. The molecule has 0 saturated carbocycles. The van der Waals surface area contributed by atoms with Crippen molar-refractivity contribution in [2.45, 2.75) is 0 Å². The standard InChI is InChI=1S/C22H16BNO2/c25-23(26)19-14-21-22(17-11-5-4-10-16(17)19)18-12-6-7-13-20(18)24(21)15-8-2-1-3-9-15/h1-14,25-26H/i1D,2D,3D,8D,9D. The van der Waals surface area contributed by atoms with E-state index >= 15 is 0 Å². The first-order valence-corrected chi connectivity index (χ1v) is 8.21. The van der Waals surface area contributed by atoms with E-state index in [4.69, 9.17) is 6.85 Å². The van der Waals surface area contributed by atoms with Crippen LogP contribution in [0.3, 0.4) is 0 Å². The van der Waals surface area contributed by atoms with Gasteiger partial charge in [-0.2, -0.15) is 0 Å². The van der Waals surface area contributed by atoms with Gasteiger partial charge in [-0.1, -0.05) is 60.6 Å². The number of nitrogens with zero attached hydrogens (tertiary/aromatic N) is 1. The highest BCUT2D eigenvalue weighted by Crippen LogP contribution is 2.36. The maximum Gasteiger partial charge on any atom is 0.489 e. The van der Waals surface area contributed by atoms with E-state index in [2.05, 4.69) is 0 Å². The molecular formula is C22H16BNO2. The Morgan fingerprint density at radius 3 is 2.15 bits per heavy atom. The van der Waals surface area contributed by atoms with Crippen LogP contribution in [0.25, 0.3) is 38.3 Å². The molecule has 0 bridgehead atoms. The Morgan fingerprint density at radius 2 is 1.42 bits per heavy atom. The number of aromatic nitrogens is 1. The van der Waals surface area contributed by atoms with E-state index in [1.165, 1.54) is 0 Å². The Morgan fingerprint density at radius 1 is 0.769 bits per heavy atom. The molecule has 26 heavy (non-hydrogen) atoms. The summed E-state index contributed by atoms with van der Waals surface area (Å²) in [5, 5.41) is 23.2. The van der Waals surface area contributed by atoms with Crippen molar-refractivity contribution in [2.75, 3.05) is 0 Å². The summed E-state index contributed by atoms with van der Waals surface area (Å²) in [6.45, 7) is 0. The van der Waals surface area contributed by atoms with Gasteiger partial charge in [-0.25, -0.2) is 0 Å². The molecule has 124 valence electrons. The topological polar surface area (TPSA) is 45.4 Å². The van der Waals surface area contributed by atoms with E-state index in [0.717, 1.165) is 16.2 Å². The molecule has 0 aliphatic carbocycles. The first-order chi connectivity index (χ1) is 14.8. The van der Waals surface area contributed by atoms with Gasteiger partial charge in [0.15, 0.2) is 0 Å². The molecule has 5 rings (SSSR count). The van der Waals surface area contributed by atoms with Crippen LogP contribution < -0.4 is 5.46 Å². The molecular weight excluding hydrogens is 321 g/mol. The highest BCUT2D eigenvalue weighted by atomic mass is 16.4. The maximum absolute atomic E-state index is 10.0. The van der Waals surface area contributed by atoms with Gasteiger partial charge in [0.25, 0.3) is 0 Å². The largest absolute Gasteiger partial charge is 0.489 e. The number of rotatable bonds is 2. The molecule has 0 radical (unpaired) electrons. The smallest absolute Gasteiger partial charge is 0.423 e. The fraction of sp³-hybridized carbons (Fsp3) is 0. The highest BCUT2D eigenvalue weighted by Gasteiger charge is 2.21. The van der Waals surface area contributed by atoms with Crippen molar-refractivity contribution in [3.8, 4) is 5.69 Å². The van der Waals surface area contributed by atoms with E-state index in [9.17, 15) is 10.0 Å². The summed E-state index contributed by atoms with van der Waals surface area (Å²) in [6, 6.07) is 14.4. The van der Waals surface area contributed by atoms with Crippen LogP contribution in [0.1, 0.15) is 6.85 Å². The molecule has 0 aliphatic rings. The Kier molecular flexibility index (Phi) is 2.38. The minimum Gasteiger partial charge on any atom is -0.423 e. The van der Waals surface area contributed by atoms with Gasteiger partial charge in [0.05, 0.1) is 17.9 Å². The Labute approximate surface area is 157 Å². The average molecular weight is 342 g/mol. The van der Waals surface area contributed by atoms with Crippen molar-refractivity contribution in [1.29, 1.82) is 0 Å². The first kappa shape index (κ1) is 10.8. The Balaban J connectivity index is 2.09. The summed E-state index contributed by atoms with van der Waals surface area (Å²) in [6.07, 6.45) is 0. The van der Waals surface area contributed by atoms with E-state index in [1.54, 1.807) is 16.7 Å². The van der Waals surface area contributed by atoms with Crippen LogP contribution in [0.5, 0.6) is 0 Å². The van der Waals surface area contributed by atoms with Crippen molar-refractivity contribution in [3.63, 3.8) is 0 Å². The van der Waals surface area contributed by atoms with Crippen molar-refractivity contribution in [2.24, 2.45) is 0 Å². The zero-order valence-corrected chi connectivity index (χ0v) is 13.6. The van der Waals surface area contributed by atoms with E-state index < -0.39 is 25.2 Å². The summed E-state index contributed by atoms with van der Waals surface area (Å²) >= 11 is 0. The average Bonchev–Trinajstić information content (AvgIpc) is 3.10. The lowest BCUT2D eigenvalue weighted by molar-refractivity contribution is 0.426. The van der Waals surface area contributed by atoms with E-state index in [0.29, 0.717) is 16.4 Å². The number of fused-ring (bicyclic) bond motifs is 5. The molecule has 4 aromatic carbocycles. The van der Waals surface area contributed by atoms with Gasteiger partial charge in [0.1, 0.15) is 0 Å². The molecule has 4 heteroatoms. The summed E-state index contributed by atoms with van der Waals surface area (Å²) in [5.41, 5.74) is 1.48. The van der Waals surface area contributed by atoms with E-state index in [1.807, 2.05) is 42.5 Å². The first-order valence-electron chi connectivity index (χ1n) is 10.7. The van der Waals surface area contributed by atoms with Gasteiger partial charge in [0.2, 0.25) is 0 Å². The molecule has 2 N–H and O–H groups in total. The highest BCUT2D eigenvalue weighted by molar-refractivity contribution is 6.62. The third kappa shape index (κ3) is 2.10. The molecule has 0 spiro atoms. The van der Waals surface area contributed by atoms with Gasteiger partial charge in [0, 0.05) is 16.5 Å². The summed E-state index contributed by atoms with van der Waals surface area (Å²) in [7, 11) is -1.74. The number of hydrogen-bond donors (Lipinski definition) is 2. The van der Waals surface area contributed by atoms with Crippen molar-refractivity contribution >= 4 is 45.2 Å². The minimum absolute atomic E-state index is 0.0193. The zero-order valence-electron chi connectivity index (χ0n) is 18.6. The molecule has 0 atom stereocenters. The zero-order chi connectivity index (χ0) is 22.0. The van der Waals surface area contributed by atoms with Crippen LogP contribution >= 0.6 is 0 Å². The van der Waals surface area contributed by atoms with Crippen LogP contribution in [-0.2, 0) is 0 Å². The third-order valence-electron chi connectivity index (χ3n) is 4.70. The minimum atomic E-state index is -1.74. The van der Waals surface area contributed by atoms with Gasteiger partial charge in [-0.15, -0.1) is 0 Å². The van der Waals surface area contributed by atoms with Gasteiger partial charge in [-0.05, 0) is 40.5 Å². The molecule has 1 heterocycles. The quantitative estimate of drug-likeness (QED) is 0.482. The fourth-order valence-electron chi connectivity index (χ4n) is 3.67. The van der Waals surface area contributed by atoms with Crippen molar-refractivity contribution in [3.05, 3.63) is 84.8 Å². The monoisotopic (exact) mass is 342 g/mol. The third-order valence-corrected chi connectivity index (χ3v) is 4.70. The Bertz CT molecular complexity index is 1500. The lowest BCUT2D eigenvalue weighted by Crippen LogP contribution is -2.30. The van der Waals surface area contributed by atoms with E-state index in [-0.39, 0.29) is 23.2 Å². The lowest BCUT2D eigenvalue weighted by atomic mass is 9.76. The SMILES string of the molecule is [2H]c1c([2H])c([2H])c(-n2c3ccccc3c3c4ccccc4c(B(O)O)cc32)c([2H])c1[2H]. The molecule has 0 amide bonds. The van der Waals surface area contributed by atoms with Crippen molar-refractivity contribution < 1.29 is 16.9 Å². The van der Waals surface area contributed by atoms with Crippen molar-refractivity contribution in [1.82, 2.24) is 4.57 Å². The number of para-hydroxylation sites is 2. The second-order valence-electron chi connectivity index (χ2n) is 6.11. The van der Waals surface area contributed by atoms with Gasteiger partial charge >= 0.3 is 7.12 Å². The molecule has 0 fully saturated rings. The second kappa shape index (κ2) is 5.73.